The van der Waals surface area contributed by atoms with E-state index in [1.807, 2.05) is 13.8 Å². The number of carboxylic acid groups (broad SMARTS) is 2. The van der Waals surface area contributed by atoms with E-state index in [0.717, 1.165) is 5.56 Å². The van der Waals surface area contributed by atoms with Crippen LogP contribution in [0.25, 0.3) is 0 Å². The number of aromatic carboxylic acids is 2. The molecular formula is C12H14O4. The van der Waals surface area contributed by atoms with Crippen LogP contribution in [0, 0.1) is 6.92 Å². The minimum atomic E-state index is -1.21. The summed E-state index contributed by atoms with van der Waals surface area (Å²) in [7, 11) is 0. The van der Waals surface area contributed by atoms with Crippen molar-refractivity contribution < 1.29 is 19.8 Å². The highest BCUT2D eigenvalue weighted by molar-refractivity contribution is 6.03. The first-order valence-electron chi connectivity index (χ1n) is 4.96. The van der Waals surface area contributed by atoms with Crippen LogP contribution in [0.3, 0.4) is 0 Å². The normalized spacial score (nSPS) is 10.5. The fourth-order valence-corrected chi connectivity index (χ4v) is 1.81. The summed E-state index contributed by atoms with van der Waals surface area (Å²) in [5.41, 5.74) is 1.12. The Hall–Kier alpha value is -1.84. The Morgan fingerprint density at radius 2 is 1.69 bits per heavy atom. The summed E-state index contributed by atoms with van der Waals surface area (Å²) in [5, 5.41) is 17.9. The second-order valence-corrected chi connectivity index (χ2v) is 3.97. The van der Waals surface area contributed by atoms with Gasteiger partial charge in [0.25, 0.3) is 0 Å². The van der Waals surface area contributed by atoms with E-state index < -0.39 is 11.9 Å². The Morgan fingerprint density at radius 1 is 1.12 bits per heavy atom. The molecule has 0 radical (unpaired) electrons. The molecule has 0 spiro atoms. The molecule has 4 heteroatoms. The molecule has 1 rings (SSSR count). The molecule has 0 fully saturated rings. The predicted molar refractivity (Wildman–Crippen MR) is 59.2 cm³/mol. The van der Waals surface area contributed by atoms with E-state index >= 15 is 0 Å². The molecule has 0 bridgehead atoms. The number of rotatable bonds is 3. The molecule has 0 saturated carbocycles. The highest BCUT2D eigenvalue weighted by Crippen LogP contribution is 2.24. The zero-order valence-corrected chi connectivity index (χ0v) is 9.44. The van der Waals surface area contributed by atoms with Gasteiger partial charge in [0.15, 0.2) is 0 Å². The number of carbonyl (C=O) groups is 2. The summed E-state index contributed by atoms with van der Waals surface area (Å²) >= 11 is 0. The minimum absolute atomic E-state index is 0.112. The van der Waals surface area contributed by atoms with Crippen molar-refractivity contribution in [2.75, 3.05) is 0 Å². The second kappa shape index (κ2) is 4.35. The first-order chi connectivity index (χ1) is 7.36. The molecule has 16 heavy (non-hydrogen) atoms. The summed E-state index contributed by atoms with van der Waals surface area (Å²) in [6.07, 6.45) is 0. The molecule has 0 aliphatic carbocycles. The van der Waals surface area contributed by atoms with Crippen molar-refractivity contribution in [3.63, 3.8) is 0 Å². The van der Waals surface area contributed by atoms with E-state index in [2.05, 4.69) is 0 Å². The van der Waals surface area contributed by atoms with Crippen molar-refractivity contribution in [3.05, 3.63) is 34.4 Å². The van der Waals surface area contributed by atoms with Crippen molar-refractivity contribution in [1.82, 2.24) is 0 Å². The summed E-state index contributed by atoms with van der Waals surface area (Å²) in [6, 6.07) is 3.03. The number of carboxylic acids is 2. The zero-order valence-electron chi connectivity index (χ0n) is 9.44. The third-order valence-electron chi connectivity index (χ3n) is 2.57. The van der Waals surface area contributed by atoms with Crippen LogP contribution >= 0.6 is 0 Å². The molecule has 0 aromatic heterocycles. The van der Waals surface area contributed by atoms with Crippen LogP contribution in [0.1, 0.15) is 51.6 Å². The van der Waals surface area contributed by atoms with E-state index in [9.17, 15) is 9.59 Å². The number of benzene rings is 1. The Morgan fingerprint density at radius 3 is 2.06 bits per heavy atom. The van der Waals surface area contributed by atoms with Gasteiger partial charge in [-0.15, -0.1) is 0 Å². The first kappa shape index (κ1) is 12.2. The third kappa shape index (κ3) is 2.05. The highest BCUT2D eigenvalue weighted by Gasteiger charge is 2.21. The molecule has 86 valence electrons. The van der Waals surface area contributed by atoms with Gasteiger partial charge in [0.05, 0.1) is 11.1 Å². The second-order valence-electron chi connectivity index (χ2n) is 3.97. The Balaban J connectivity index is 3.54. The molecule has 0 amide bonds. The largest absolute Gasteiger partial charge is 0.478 e. The van der Waals surface area contributed by atoms with Crippen molar-refractivity contribution in [2.45, 2.75) is 26.7 Å². The van der Waals surface area contributed by atoms with Gasteiger partial charge in [0, 0.05) is 0 Å². The van der Waals surface area contributed by atoms with E-state index in [4.69, 9.17) is 10.2 Å². The number of hydrogen-bond donors (Lipinski definition) is 2. The molecule has 0 atom stereocenters. The standard InChI is InChI=1S/C12H14O4/c1-6(2)8-4-5-9(11(13)14)10(7(8)3)12(15)16/h4-6H,1-3H3,(H,13,14)(H,15,16). The van der Waals surface area contributed by atoms with Gasteiger partial charge >= 0.3 is 11.9 Å². The molecule has 0 unspecified atom stereocenters. The summed E-state index contributed by atoms with van der Waals surface area (Å²) in [4.78, 5) is 22.0. The van der Waals surface area contributed by atoms with Gasteiger partial charge in [0.2, 0.25) is 0 Å². The van der Waals surface area contributed by atoms with Crippen LogP contribution in [-0.2, 0) is 0 Å². The van der Waals surface area contributed by atoms with E-state index in [1.54, 1.807) is 13.0 Å². The monoisotopic (exact) mass is 222 g/mol. The average Bonchev–Trinajstić information content (AvgIpc) is 2.15. The van der Waals surface area contributed by atoms with Crippen LogP contribution < -0.4 is 0 Å². The summed E-state index contributed by atoms with van der Waals surface area (Å²) in [6.45, 7) is 5.52. The lowest BCUT2D eigenvalue weighted by atomic mass is 9.91. The maximum atomic E-state index is 11.1. The lowest BCUT2D eigenvalue weighted by Crippen LogP contribution is -2.12. The first-order valence-corrected chi connectivity index (χ1v) is 4.96. The lowest BCUT2D eigenvalue weighted by molar-refractivity contribution is 0.0650. The van der Waals surface area contributed by atoms with Gasteiger partial charge < -0.3 is 10.2 Å². The summed E-state index contributed by atoms with van der Waals surface area (Å²) in [5.74, 6) is -2.24. The van der Waals surface area contributed by atoms with Gasteiger partial charge in [-0.05, 0) is 30.0 Å². The highest BCUT2D eigenvalue weighted by atomic mass is 16.4. The maximum Gasteiger partial charge on any atom is 0.336 e. The van der Waals surface area contributed by atoms with E-state index in [1.165, 1.54) is 6.07 Å². The van der Waals surface area contributed by atoms with E-state index in [0.29, 0.717) is 5.56 Å². The maximum absolute atomic E-state index is 11.1. The smallest absolute Gasteiger partial charge is 0.336 e. The topological polar surface area (TPSA) is 74.6 Å². The van der Waals surface area contributed by atoms with E-state index in [-0.39, 0.29) is 17.0 Å². The molecule has 1 aromatic carbocycles. The molecule has 4 nitrogen and oxygen atoms in total. The Labute approximate surface area is 93.5 Å². The molecule has 2 N–H and O–H groups in total. The minimum Gasteiger partial charge on any atom is -0.478 e. The average molecular weight is 222 g/mol. The predicted octanol–water partition coefficient (Wildman–Crippen LogP) is 2.51. The van der Waals surface area contributed by atoms with Gasteiger partial charge in [-0.3, -0.25) is 0 Å². The molecule has 0 aliphatic rings. The van der Waals surface area contributed by atoms with Crippen LogP contribution in [0.2, 0.25) is 0 Å². The molecule has 0 saturated heterocycles. The zero-order chi connectivity index (χ0) is 12.5. The fourth-order valence-electron chi connectivity index (χ4n) is 1.81. The van der Waals surface area contributed by atoms with Gasteiger partial charge in [-0.25, -0.2) is 9.59 Å². The molecule has 1 aromatic rings. The van der Waals surface area contributed by atoms with Crippen molar-refractivity contribution in [2.24, 2.45) is 0 Å². The molecule has 0 heterocycles. The quantitative estimate of drug-likeness (QED) is 0.824. The van der Waals surface area contributed by atoms with Crippen molar-refractivity contribution in [1.29, 1.82) is 0 Å². The third-order valence-corrected chi connectivity index (χ3v) is 2.57. The molecule has 0 aliphatic heterocycles. The Kier molecular flexibility index (Phi) is 3.32. The number of hydrogen-bond acceptors (Lipinski definition) is 2. The summed E-state index contributed by atoms with van der Waals surface area (Å²) < 4.78 is 0. The van der Waals surface area contributed by atoms with Gasteiger partial charge in [-0.2, -0.15) is 0 Å². The Bertz CT molecular complexity index is 447. The SMILES string of the molecule is Cc1c(C(C)C)ccc(C(=O)O)c1C(=O)O. The van der Waals surface area contributed by atoms with Crippen LogP contribution in [0.5, 0.6) is 0 Å². The van der Waals surface area contributed by atoms with Crippen LogP contribution in [0.15, 0.2) is 12.1 Å². The fraction of sp³-hybridized carbons (Fsp3) is 0.333. The van der Waals surface area contributed by atoms with Gasteiger partial charge in [0.1, 0.15) is 0 Å². The molecular weight excluding hydrogens is 208 g/mol. The van der Waals surface area contributed by atoms with Crippen molar-refractivity contribution >= 4 is 11.9 Å². The van der Waals surface area contributed by atoms with Crippen molar-refractivity contribution in [3.8, 4) is 0 Å². The van der Waals surface area contributed by atoms with Crippen LogP contribution in [-0.4, -0.2) is 22.2 Å². The van der Waals surface area contributed by atoms with Gasteiger partial charge in [-0.1, -0.05) is 19.9 Å². The van der Waals surface area contributed by atoms with Crippen LogP contribution in [0.4, 0.5) is 0 Å². The lowest BCUT2D eigenvalue weighted by Gasteiger charge is -2.13.